The van der Waals surface area contributed by atoms with Gasteiger partial charge in [-0.2, -0.15) is 5.10 Å². The van der Waals surface area contributed by atoms with Gasteiger partial charge in [0, 0.05) is 12.0 Å². The molecular formula is C18H13BrN2OS2. The first-order valence-corrected chi connectivity index (χ1v) is 10.2. The largest absolute Gasteiger partial charge is 0.464 e. The van der Waals surface area contributed by atoms with Gasteiger partial charge in [-0.1, -0.05) is 24.3 Å². The Morgan fingerprint density at radius 2 is 2.04 bits per heavy atom. The lowest BCUT2D eigenvalue weighted by Gasteiger charge is -2.37. The summed E-state index contributed by atoms with van der Waals surface area (Å²) in [6, 6.07) is 17.0. The van der Waals surface area contributed by atoms with Crippen molar-refractivity contribution < 1.29 is 4.74 Å². The third-order valence-electron chi connectivity index (χ3n) is 4.34. The predicted molar refractivity (Wildman–Crippen MR) is 102 cm³/mol. The predicted octanol–water partition coefficient (Wildman–Crippen LogP) is 5.81. The van der Waals surface area contributed by atoms with Crippen LogP contribution in [0, 0.1) is 0 Å². The molecule has 120 valence electrons. The second kappa shape index (κ2) is 5.72. The van der Waals surface area contributed by atoms with E-state index in [4.69, 9.17) is 9.84 Å². The third-order valence-corrected chi connectivity index (χ3v) is 6.92. The topological polar surface area (TPSA) is 24.8 Å². The van der Waals surface area contributed by atoms with E-state index >= 15 is 0 Å². The summed E-state index contributed by atoms with van der Waals surface area (Å²) < 4.78 is 7.43. The van der Waals surface area contributed by atoms with Gasteiger partial charge in [0.15, 0.2) is 0 Å². The van der Waals surface area contributed by atoms with Crippen LogP contribution in [-0.4, -0.2) is 10.7 Å². The van der Waals surface area contributed by atoms with Crippen molar-refractivity contribution in [3.63, 3.8) is 0 Å². The summed E-state index contributed by atoms with van der Waals surface area (Å²) in [7, 11) is 0. The van der Waals surface area contributed by atoms with E-state index in [1.165, 1.54) is 10.4 Å². The van der Waals surface area contributed by atoms with Gasteiger partial charge in [0.25, 0.3) is 0 Å². The Bertz CT molecular complexity index is 919. The number of fused-ring (bicyclic) bond motifs is 3. The Hall–Kier alpha value is -1.63. The van der Waals surface area contributed by atoms with Crippen LogP contribution in [-0.2, 0) is 0 Å². The quantitative estimate of drug-likeness (QED) is 0.525. The number of hydrogen-bond acceptors (Lipinski definition) is 5. The summed E-state index contributed by atoms with van der Waals surface area (Å²) in [5.41, 5.74) is 2.37. The molecule has 0 bridgehead atoms. The molecule has 2 atom stereocenters. The number of halogens is 1. The molecule has 3 nitrogen and oxygen atoms in total. The summed E-state index contributed by atoms with van der Waals surface area (Å²) >= 11 is 7.00. The number of para-hydroxylation sites is 1. The highest BCUT2D eigenvalue weighted by molar-refractivity contribution is 9.11. The van der Waals surface area contributed by atoms with Crippen LogP contribution in [0.15, 0.2) is 62.8 Å². The summed E-state index contributed by atoms with van der Waals surface area (Å²) in [4.78, 5) is 2.41. The van der Waals surface area contributed by atoms with Gasteiger partial charge in [0.05, 0.1) is 25.3 Å². The molecule has 2 aliphatic heterocycles. The van der Waals surface area contributed by atoms with E-state index in [-0.39, 0.29) is 12.3 Å². The van der Waals surface area contributed by atoms with Crippen molar-refractivity contribution >= 4 is 44.3 Å². The minimum atomic E-state index is -0.168. The number of nitrogens with zero attached hydrogens (tertiary/aromatic N) is 2. The zero-order valence-corrected chi connectivity index (χ0v) is 15.8. The van der Waals surface area contributed by atoms with Crippen molar-refractivity contribution in [2.24, 2.45) is 5.10 Å². The maximum Gasteiger partial charge on any atom is 0.223 e. The normalized spacial score (nSPS) is 21.9. The Kier molecular flexibility index (Phi) is 3.50. The molecule has 0 radical (unpaired) electrons. The molecule has 2 aliphatic rings. The summed E-state index contributed by atoms with van der Waals surface area (Å²) in [5.74, 6) is 0.968. The smallest absolute Gasteiger partial charge is 0.223 e. The molecule has 0 saturated carbocycles. The Morgan fingerprint density at radius 3 is 2.83 bits per heavy atom. The molecule has 1 aromatic carbocycles. The van der Waals surface area contributed by atoms with Crippen LogP contribution in [0.1, 0.15) is 34.0 Å². The van der Waals surface area contributed by atoms with E-state index in [9.17, 15) is 0 Å². The summed E-state index contributed by atoms with van der Waals surface area (Å²) in [6.07, 6.45) is 0.753. The molecule has 0 fully saturated rings. The fourth-order valence-corrected chi connectivity index (χ4v) is 5.44. The standard InChI is InChI=1S/C18H13BrN2OS2/c19-17-8-7-16(24-17)18-21-13(11-4-1-2-5-14(11)22-18)10-12(20-21)15-6-3-9-23-15/h1-9,13,18H,10H2. The summed E-state index contributed by atoms with van der Waals surface area (Å²) in [6.45, 7) is 0. The van der Waals surface area contributed by atoms with Crippen LogP contribution in [0.25, 0.3) is 0 Å². The molecule has 2 aromatic heterocycles. The average Bonchev–Trinajstić information content (AvgIpc) is 3.34. The molecule has 4 heterocycles. The van der Waals surface area contributed by atoms with Crippen molar-refractivity contribution in [3.05, 3.63) is 73.0 Å². The third kappa shape index (κ3) is 2.32. The van der Waals surface area contributed by atoms with E-state index in [1.807, 2.05) is 6.07 Å². The van der Waals surface area contributed by atoms with Crippen LogP contribution >= 0.6 is 38.6 Å². The van der Waals surface area contributed by atoms with Gasteiger partial charge >= 0.3 is 0 Å². The van der Waals surface area contributed by atoms with Gasteiger partial charge in [-0.25, -0.2) is 5.01 Å². The lowest BCUT2D eigenvalue weighted by molar-refractivity contribution is -0.0165. The first kappa shape index (κ1) is 14.7. The molecule has 6 heteroatoms. The zero-order chi connectivity index (χ0) is 16.1. The van der Waals surface area contributed by atoms with Crippen LogP contribution < -0.4 is 4.74 Å². The second-order valence-corrected chi connectivity index (χ2v) is 9.22. The maximum absolute atomic E-state index is 6.32. The number of ether oxygens (including phenoxy) is 1. The van der Waals surface area contributed by atoms with Crippen LogP contribution in [0.4, 0.5) is 0 Å². The first-order valence-electron chi connectivity index (χ1n) is 7.70. The van der Waals surface area contributed by atoms with Crippen molar-refractivity contribution in [2.45, 2.75) is 18.7 Å². The zero-order valence-electron chi connectivity index (χ0n) is 12.6. The van der Waals surface area contributed by atoms with Gasteiger partial charge in [0.1, 0.15) is 5.75 Å². The highest BCUT2D eigenvalue weighted by Gasteiger charge is 2.41. The van der Waals surface area contributed by atoms with Crippen LogP contribution in [0.5, 0.6) is 5.75 Å². The molecule has 5 rings (SSSR count). The van der Waals surface area contributed by atoms with Crippen LogP contribution in [0.3, 0.4) is 0 Å². The lowest BCUT2D eigenvalue weighted by atomic mass is 9.98. The highest BCUT2D eigenvalue weighted by atomic mass is 79.9. The first-order chi connectivity index (χ1) is 11.8. The Balaban J connectivity index is 1.61. The SMILES string of the molecule is Brc1ccc(C2Oc3ccccc3C3CC(c4cccs4)=NN32)s1. The van der Waals surface area contributed by atoms with Crippen molar-refractivity contribution in [2.75, 3.05) is 0 Å². The number of hydrazone groups is 1. The Morgan fingerprint density at radius 1 is 1.12 bits per heavy atom. The molecule has 0 aliphatic carbocycles. The molecular weight excluding hydrogens is 404 g/mol. The van der Waals surface area contributed by atoms with Crippen LogP contribution in [0.2, 0.25) is 0 Å². The average molecular weight is 417 g/mol. The minimum absolute atomic E-state index is 0.168. The number of thiophene rings is 2. The van der Waals surface area contributed by atoms with E-state index in [0.29, 0.717) is 0 Å². The van der Waals surface area contributed by atoms with Crippen molar-refractivity contribution in [3.8, 4) is 5.75 Å². The number of rotatable bonds is 2. The summed E-state index contributed by atoms with van der Waals surface area (Å²) in [5, 5.41) is 9.18. The van der Waals surface area contributed by atoms with Gasteiger partial charge in [-0.3, -0.25) is 0 Å². The molecule has 0 N–H and O–H groups in total. The molecule has 24 heavy (non-hydrogen) atoms. The van der Waals surface area contributed by atoms with E-state index in [0.717, 1.165) is 26.5 Å². The van der Waals surface area contributed by atoms with Gasteiger partial charge in [0.2, 0.25) is 6.23 Å². The van der Waals surface area contributed by atoms with Gasteiger partial charge < -0.3 is 4.74 Å². The van der Waals surface area contributed by atoms with Gasteiger partial charge in [-0.05, 0) is 45.6 Å². The van der Waals surface area contributed by atoms with E-state index in [2.05, 4.69) is 68.8 Å². The molecule has 3 aromatic rings. The van der Waals surface area contributed by atoms with Crippen molar-refractivity contribution in [1.82, 2.24) is 5.01 Å². The lowest BCUT2D eigenvalue weighted by Crippen LogP contribution is -2.33. The number of benzene rings is 1. The fraction of sp³-hybridized carbons (Fsp3) is 0.167. The highest BCUT2D eigenvalue weighted by Crippen LogP contribution is 2.48. The molecule has 0 amide bonds. The second-order valence-electron chi connectivity index (χ2n) is 5.77. The molecule has 0 spiro atoms. The monoisotopic (exact) mass is 416 g/mol. The molecule has 2 unspecified atom stereocenters. The molecule has 0 saturated heterocycles. The maximum atomic E-state index is 6.32. The van der Waals surface area contributed by atoms with E-state index < -0.39 is 0 Å². The van der Waals surface area contributed by atoms with Gasteiger partial charge in [-0.15, -0.1) is 22.7 Å². The number of hydrogen-bond donors (Lipinski definition) is 0. The fourth-order valence-electron chi connectivity index (χ4n) is 3.27. The van der Waals surface area contributed by atoms with E-state index in [1.54, 1.807) is 22.7 Å². The minimum Gasteiger partial charge on any atom is -0.464 e. The Labute approximate surface area is 156 Å². The van der Waals surface area contributed by atoms with Crippen molar-refractivity contribution in [1.29, 1.82) is 0 Å².